The van der Waals surface area contributed by atoms with Crippen molar-refractivity contribution in [1.29, 1.82) is 0 Å². The van der Waals surface area contributed by atoms with Crippen molar-refractivity contribution in [2.75, 3.05) is 7.11 Å². The molecule has 0 amide bonds. The van der Waals surface area contributed by atoms with E-state index in [0.717, 1.165) is 25.7 Å². The molecule has 76 valence electrons. The van der Waals surface area contributed by atoms with Crippen LogP contribution in [0.15, 0.2) is 12.8 Å². The molecule has 0 N–H and O–H groups in total. The molecule has 0 bridgehead atoms. The van der Waals surface area contributed by atoms with Crippen LogP contribution in [0.25, 0.3) is 0 Å². The van der Waals surface area contributed by atoms with E-state index in [9.17, 15) is 4.57 Å². The van der Waals surface area contributed by atoms with Gasteiger partial charge in [-0.3, -0.25) is 0 Å². The molecule has 0 aromatic rings. The molecule has 0 aliphatic heterocycles. The summed E-state index contributed by atoms with van der Waals surface area (Å²) in [6, 6.07) is 0. The fourth-order valence-electron chi connectivity index (χ4n) is 1.78. The molecule has 0 heterocycles. The number of rotatable bonds is 4. The van der Waals surface area contributed by atoms with Crippen LogP contribution in [-0.4, -0.2) is 12.8 Å². The molecule has 0 aromatic carbocycles. The van der Waals surface area contributed by atoms with E-state index in [1.807, 2.05) is 0 Å². The lowest BCUT2D eigenvalue weighted by molar-refractivity contribution is 0.276. The summed E-state index contributed by atoms with van der Waals surface area (Å²) in [7, 11) is -1.45. The summed E-state index contributed by atoms with van der Waals surface area (Å²) < 4.78 is 22.0. The first-order valence-corrected chi connectivity index (χ1v) is 6.29. The SMILES string of the molecule is C=COP(=O)(OC)C1CCCCC1. The Bertz CT molecular complexity index is 209. The van der Waals surface area contributed by atoms with Gasteiger partial charge in [-0.15, -0.1) is 0 Å². The molecular weight excluding hydrogens is 187 g/mol. The Labute approximate surface area is 79.7 Å². The van der Waals surface area contributed by atoms with Gasteiger partial charge in [0, 0.05) is 7.11 Å². The van der Waals surface area contributed by atoms with Gasteiger partial charge in [-0.2, -0.15) is 0 Å². The van der Waals surface area contributed by atoms with Crippen molar-refractivity contribution < 1.29 is 13.6 Å². The normalized spacial score (nSPS) is 23.5. The van der Waals surface area contributed by atoms with Crippen LogP contribution in [0.4, 0.5) is 0 Å². The second kappa shape index (κ2) is 4.83. The Morgan fingerprint density at radius 1 is 1.38 bits per heavy atom. The van der Waals surface area contributed by atoms with E-state index < -0.39 is 7.60 Å². The second-order valence-corrected chi connectivity index (χ2v) is 5.67. The highest BCUT2D eigenvalue weighted by atomic mass is 31.2. The molecule has 1 rings (SSSR count). The van der Waals surface area contributed by atoms with Crippen molar-refractivity contribution in [3.8, 4) is 0 Å². The highest BCUT2D eigenvalue weighted by Gasteiger charge is 2.35. The minimum atomic E-state index is -2.89. The molecule has 4 heteroatoms. The predicted molar refractivity (Wildman–Crippen MR) is 52.8 cm³/mol. The molecule has 13 heavy (non-hydrogen) atoms. The maximum absolute atomic E-state index is 12.0. The average Bonchev–Trinajstić information content (AvgIpc) is 2.19. The van der Waals surface area contributed by atoms with Crippen molar-refractivity contribution >= 4 is 7.60 Å². The van der Waals surface area contributed by atoms with Crippen molar-refractivity contribution in [3.63, 3.8) is 0 Å². The van der Waals surface area contributed by atoms with Crippen molar-refractivity contribution in [3.05, 3.63) is 12.8 Å². The summed E-state index contributed by atoms with van der Waals surface area (Å²) in [6.07, 6.45) is 6.59. The Balaban J connectivity index is 2.62. The highest BCUT2D eigenvalue weighted by molar-refractivity contribution is 7.54. The summed E-state index contributed by atoms with van der Waals surface area (Å²) >= 11 is 0. The van der Waals surface area contributed by atoms with Gasteiger partial charge in [-0.1, -0.05) is 25.8 Å². The number of hydrogen-bond donors (Lipinski definition) is 0. The van der Waals surface area contributed by atoms with Crippen LogP contribution in [0.2, 0.25) is 0 Å². The van der Waals surface area contributed by atoms with Crippen LogP contribution in [-0.2, 0) is 13.6 Å². The van der Waals surface area contributed by atoms with Gasteiger partial charge in [0.25, 0.3) is 0 Å². The Morgan fingerprint density at radius 2 is 2.00 bits per heavy atom. The molecule has 0 spiro atoms. The third-order valence-electron chi connectivity index (χ3n) is 2.50. The Hall–Kier alpha value is -0.270. The molecule has 1 aliphatic carbocycles. The van der Waals surface area contributed by atoms with Gasteiger partial charge in [0.05, 0.1) is 11.9 Å². The van der Waals surface area contributed by atoms with E-state index in [0.29, 0.717) is 0 Å². The fraction of sp³-hybridized carbons (Fsp3) is 0.778. The van der Waals surface area contributed by atoms with E-state index in [2.05, 4.69) is 6.58 Å². The van der Waals surface area contributed by atoms with E-state index in [1.165, 1.54) is 19.8 Å². The first kappa shape index (κ1) is 10.8. The average molecular weight is 204 g/mol. The van der Waals surface area contributed by atoms with E-state index in [4.69, 9.17) is 9.05 Å². The van der Waals surface area contributed by atoms with E-state index in [1.54, 1.807) is 0 Å². The van der Waals surface area contributed by atoms with Crippen LogP contribution in [0.3, 0.4) is 0 Å². The Kier molecular flexibility index (Phi) is 4.01. The lowest BCUT2D eigenvalue weighted by Crippen LogP contribution is -2.14. The lowest BCUT2D eigenvalue weighted by Gasteiger charge is -2.27. The fourth-order valence-corrected chi connectivity index (χ4v) is 3.54. The third kappa shape index (κ3) is 2.58. The third-order valence-corrected chi connectivity index (χ3v) is 4.86. The standard InChI is InChI=1S/C9H17O3P/c1-3-12-13(10,11-2)9-7-5-4-6-8-9/h3,9H,1,4-8H2,2H3. The summed E-state index contributed by atoms with van der Waals surface area (Å²) in [5.74, 6) is 0. The quantitative estimate of drug-likeness (QED) is 0.520. The van der Waals surface area contributed by atoms with Crippen LogP contribution in [0.5, 0.6) is 0 Å². The zero-order valence-corrected chi connectivity index (χ0v) is 8.96. The monoisotopic (exact) mass is 204 g/mol. The van der Waals surface area contributed by atoms with Gasteiger partial charge in [-0.25, -0.2) is 4.57 Å². The molecule has 1 saturated carbocycles. The zero-order valence-electron chi connectivity index (χ0n) is 8.07. The van der Waals surface area contributed by atoms with Gasteiger partial charge in [0.15, 0.2) is 0 Å². The van der Waals surface area contributed by atoms with Crippen LogP contribution < -0.4 is 0 Å². The van der Waals surface area contributed by atoms with Crippen LogP contribution in [0, 0.1) is 0 Å². The van der Waals surface area contributed by atoms with Crippen molar-refractivity contribution in [1.82, 2.24) is 0 Å². The van der Waals surface area contributed by atoms with Gasteiger partial charge < -0.3 is 9.05 Å². The van der Waals surface area contributed by atoms with E-state index >= 15 is 0 Å². The van der Waals surface area contributed by atoms with Gasteiger partial charge in [0.2, 0.25) is 0 Å². The first-order valence-electron chi connectivity index (χ1n) is 4.67. The molecular formula is C9H17O3P. The highest BCUT2D eigenvalue weighted by Crippen LogP contribution is 2.56. The zero-order chi connectivity index (χ0) is 9.73. The Morgan fingerprint density at radius 3 is 2.46 bits per heavy atom. The lowest BCUT2D eigenvalue weighted by atomic mass is 10.0. The molecule has 1 fully saturated rings. The minimum absolute atomic E-state index is 0.0734. The molecule has 3 nitrogen and oxygen atoms in total. The molecule has 0 saturated heterocycles. The topological polar surface area (TPSA) is 35.5 Å². The second-order valence-electron chi connectivity index (χ2n) is 3.29. The van der Waals surface area contributed by atoms with Crippen LogP contribution in [0.1, 0.15) is 32.1 Å². The maximum atomic E-state index is 12.0. The minimum Gasteiger partial charge on any atom is -0.433 e. The summed E-state index contributed by atoms with van der Waals surface area (Å²) in [4.78, 5) is 0. The largest absolute Gasteiger partial charge is 0.433 e. The molecule has 0 aromatic heterocycles. The molecule has 1 unspecified atom stereocenters. The van der Waals surface area contributed by atoms with Gasteiger partial charge in [-0.05, 0) is 12.8 Å². The summed E-state index contributed by atoms with van der Waals surface area (Å²) in [5.41, 5.74) is 0.0734. The van der Waals surface area contributed by atoms with Crippen molar-refractivity contribution in [2.45, 2.75) is 37.8 Å². The maximum Gasteiger partial charge on any atom is 0.381 e. The summed E-state index contributed by atoms with van der Waals surface area (Å²) in [5, 5.41) is 0. The van der Waals surface area contributed by atoms with Gasteiger partial charge in [0.1, 0.15) is 0 Å². The number of hydrogen-bond acceptors (Lipinski definition) is 3. The predicted octanol–water partition coefficient (Wildman–Crippen LogP) is 3.32. The van der Waals surface area contributed by atoms with Crippen molar-refractivity contribution in [2.24, 2.45) is 0 Å². The smallest absolute Gasteiger partial charge is 0.381 e. The van der Waals surface area contributed by atoms with Gasteiger partial charge >= 0.3 is 7.60 Å². The summed E-state index contributed by atoms with van der Waals surface area (Å²) in [6.45, 7) is 3.41. The van der Waals surface area contributed by atoms with E-state index in [-0.39, 0.29) is 5.66 Å². The van der Waals surface area contributed by atoms with Crippen LogP contribution >= 0.6 is 7.60 Å². The molecule has 1 aliphatic rings. The molecule has 0 radical (unpaired) electrons. The first-order chi connectivity index (χ1) is 6.23. The molecule has 1 atom stereocenters.